The number of amides is 2. The third-order valence-corrected chi connectivity index (χ3v) is 5.26. The number of fused-ring (bicyclic) bond motifs is 1. The van der Waals surface area contributed by atoms with Crippen LogP contribution in [0.4, 0.5) is 5.69 Å². The smallest absolute Gasteiger partial charge is 0.253 e. The normalized spacial score (nSPS) is 11.0. The third kappa shape index (κ3) is 3.73. The summed E-state index contributed by atoms with van der Waals surface area (Å²) in [6, 6.07) is 14.7. The maximum atomic E-state index is 12.2. The molecule has 0 unspecified atom stereocenters. The quantitative estimate of drug-likeness (QED) is 0.661. The molecule has 0 saturated carbocycles. The molecule has 0 saturated heterocycles. The molecule has 0 aliphatic carbocycles. The van der Waals surface area contributed by atoms with Gasteiger partial charge in [0.15, 0.2) is 0 Å². The molecule has 1 aromatic heterocycles. The van der Waals surface area contributed by atoms with Gasteiger partial charge in [0.05, 0.1) is 16.3 Å². The largest absolute Gasteiger partial charge is 0.355 e. The first-order valence-corrected chi connectivity index (χ1v) is 8.77. The van der Waals surface area contributed by atoms with E-state index in [1.165, 1.54) is 17.4 Å². The van der Waals surface area contributed by atoms with Gasteiger partial charge in [0.1, 0.15) is 0 Å². The fourth-order valence-corrected chi connectivity index (χ4v) is 3.79. The van der Waals surface area contributed by atoms with E-state index in [-0.39, 0.29) is 11.8 Å². The van der Waals surface area contributed by atoms with Crippen molar-refractivity contribution in [3.05, 3.63) is 70.1 Å². The van der Waals surface area contributed by atoms with Crippen molar-refractivity contribution in [2.24, 2.45) is 0 Å². The van der Waals surface area contributed by atoms with Crippen molar-refractivity contribution in [2.75, 3.05) is 12.4 Å². The van der Waals surface area contributed by atoms with Gasteiger partial charge in [0.25, 0.3) is 5.91 Å². The minimum absolute atomic E-state index is 0.257. The number of carbonyl (C=O) groups excluding carboxylic acids is 2. The molecule has 0 spiro atoms. The standard InChI is InChI=1S/C19H15ClN2O2S/c1-21-19(24)12-6-2-4-8-14(12)22-17(23)11-10-16-18(20)13-7-3-5-9-15(13)25-16/h2-11H,1H3,(H,21,24)(H,22,23)/b11-10+. The first-order chi connectivity index (χ1) is 12.1. The zero-order valence-electron chi connectivity index (χ0n) is 13.4. The Kier molecular flexibility index (Phi) is 5.16. The average molecular weight is 371 g/mol. The highest BCUT2D eigenvalue weighted by atomic mass is 35.5. The molecular weight excluding hydrogens is 356 g/mol. The van der Waals surface area contributed by atoms with Crippen LogP contribution in [0.15, 0.2) is 54.6 Å². The van der Waals surface area contributed by atoms with Gasteiger partial charge in [0, 0.05) is 28.1 Å². The second kappa shape index (κ2) is 7.51. The molecule has 0 aliphatic heterocycles. The fraction of sp³-hybridized carbons (Fsp3) is 0.0526. The topological polar surface area (TPSA) is 58.2 Å². The molecular formula is C19H15ClN2O2S. The lowest BCUT2D eigenvalue weighted by atomic mass is 10.1. The van der Waals surface area contributed by atoms with Gasteiger partial charge < -0.3 is 10.6 Å². The van der Waals surface area contributed by atoms with Crippen molar-refractivity contribution in [3.8, 4) is 0 Å². The van der Waals surface area contributed by atoms with Crippen LogP contribution in [0.25, 0.3) is 16.2 Å². The van der Waals surface area contributed by atoms with Gasteiger partial charge in [-0.25, -0.2) is 0 Å². The zero-order valence-corrected chi connectivity index (χ0v) is 14.9. The molecule has 3 aromatic rings. The Labute approximate surface area is 154 Å². The van der Waals surface area contributed by atoms with Crippen LogP contribution in [0, 0.1) is 0 Å². The lowest BCUT2D eigenvalue weighted by molar-refractivity contribution is -0.111. The molecule has 0 aliphatic rings. The molecule has 0 bridgehead atoms. The fourth-order valence-electron chi connectivity index (χ4n) is 2.39. The highest BCUT2D eigenvalue weighted by Gasteiger charge is 2.11. The van der Waals surface area contributed by atoms with Crippen LogP contribution in [0.2, 0.25) is 5.02 Å². The zero-order chi connectivity index (χ0) is 17.8. The molecule has 2 amide bonds. The molecule has 4 nitrogen and oxygen atoms in total. The number of rotatable bonds is 4. The summed E-state index contributed by atoms with van der Waals surface area (Å²) in [7, 11) is 1.55. The second-order valence-corrected chi connectivity index (χ2v) is 6.69. The van der Waals surface area contributed by atoms with Crippen LogP contribution in [0.5, 0.6) is 0 Å². The summed E-state index contributed by atoms with van der Waals surface area (Å²) in [4.78, 5) is 24.9. The molecule has 6 heteroatoms. The van der Waals surface area contributed by atoms with Gasteiger partial charge in [-0.3, -0.25) is 9.59 Å². The number of para-hydroxylation sites is 1. The van der Waals surface area contributed by atoms with Gasteiger partial charge >= 0.3 is 0 Å². The maximum absolute atomic E-state index is 12.2. The molecule has 25 heavy (non-hydrogen) atoms. The van der Waals surface area contributed by atoms with Crippen molar-refractivity contribution >= 4 is 56.6 Å². The average Bonchev–Trinajstić information content (AvgIpc) is 2.96. The summed E-state index contributed by atoms with van der Waals surface area (Å²) in [5.41, 5.74) is 0.866. The van der Waals surface area contributed by atoms with Gasteiger partial charge in [-0.1, -0.05) is 41.9 Å². The van der Waals surface area contributed by atoms with E-state index in [9.17, 15) is 9.59 Å². The number of thiophene rings is 1. The number of carbonyl (C=O) groups is 2. The maximum Gasteiger partial charge on any atom is 0.253 e. The summed E-state index contributed by atoms with van der Waals surface area (Å²) in [6.07, 6.45) is 3.10. The first-order valence-electron chi connectivity index (χ1n) is 7.57. The molecule has 3 rings (SSSR count). The van der Waals surface area contributed by atoms with Crippen molar-refractivity contribution in [2.45, 2.75) is 0 Å². The molecule has 0 atom stereocenters. The molecule has 2 N–H and O–H groups in total. The Balaban J connectivity index is 1.80. The van der Waals surface area contributed by atoms with Crippen molar-refractivity contribution in [1.29, 1.82) is 0 Å². The Hall–Kier alpha value is -2.63. The summed E-state index contributed by atoms with van der Waals surface area (Å²) in [6.45, 7) is 0. The number of nitrogens with one attached hydrogen (secondary N) is 2. The summed E-state index contributed by atoms with van der Waals surface area (Å²) < 4.78 is 1.07. The molecule has 0 fully saturated rings. The third-order valence-electron chi connectivity index (χ3n) is 3.60. The van der Waals surface area contributed by atoms with Gasteiger partial charge in [-0.2, -0.15) is 0 Å². The van der Waals surface area contributed by atoms with E-state index in [4.69, 9.17) is 11.6 Å². The van der Waals surface area contributed by atoms with E-state index >= 15 is 0 Å². The summed E-state index contributed by atoms with van der Waals surface area (Å²) >= 11 is 7.88. The molecule has 0 radical (unpaired) electrons. The SMILES string of the molecule is CNC(=O)c1ccccc1NC(=O)/C=C/c1sc2ccccc2c1Cl. The Bertz CT molecular complexity index is 978. The number of anilines is 1. The van der Waals surface area contributed by atoms with Crippen LogP contribution in [-0.2, 0) is 4.79 Å². The summed E-state index contributed by atoms with van der Waals surface area (Å²) in [5, 5.41) is 6.88. The minimum Gasteiger partial charge on any atom is -0.355 e. The number of hydrogen-bond donors (Lipinski definition) is 2. The van der Waals surface area contributed by atoms with Crippen LogP contribution in [0.1, 0.15) is 15.2 Å². The second-order valence-electron chi connectivity index (χ2n) is 5.22. The highest BCUT2D eigenvalue weighted by Crippen LogP contribution is 2.35. The molecule has 126 valence electrons. The Morgan fingerprint density at radius 1 is 1.08 bits per heavy atom. The Morgan fingerprint density at radius 2 is 1.80 bits per heavy atom. The van der Waals surface area contributed by atoms with Gasteiger partial charge in [-0.15, -0.1) is 11.3 Å². The summed E-state index contributed by atoms with van der Waals surface area (Å²) in [5.74, 6) is -0.586. The van der Waals surface area contributed by atoms with Crippen LogP contribution < -0.4 is 10.6 Å². The lowest BCUT2D eigenvalue weighted by Gasteiger charge is -2.08. The predicted octanol–water partition coefficient (Wildman–Crippen LogP) is 4.57. The van der Waals surface area contributed by atoms with Crippen LogP contribution in [0.3, 0.4) is 0 Å². The predicted molar refractivity (Wildman–Crippen MR) is 104 cm³/mol. The van der Waals surface area contributed by atoms with E-state index in [1.807, 2.05) is 24.3 Å². The van der Waals surface area contributed by atoms with Crippen molar-refractivity contribution in [3.63, 3.8) is 0 Å². The number of halogens is 1. The Morgan fingerprint density at radius 3 is 2.56 bits per heavy atom. The lowest BCUT2D eigenvalue weighted by Crippen LogP contribution is -2.20. The van der Waals surface area contributed by atoms with Crippen molar-refractivity contribution in [1.82, 2.24) is 5.32 Å². The van der Waals surface area contributed by atoms with Gasteiger partial charge in [-0.05, 0) is 24.3 Å². The van der Waals surface area contributed by atoms with Crippen LogP contribution >= 0.6 is 22.9 Å². The molecule has 2 aromatic carbocycles. The van der Waals surface area contributed by atoms with Crippen LogP contribution in [-0.4, -0.2) is 18.9 Å². The highest BCUT2D eigenvalue weighted by molar-refractivity contribution is 7.20. The van der Waals surface area contributed by atoms with E-state index < -0.39 is 0 Å². The van der Waals surface area contributed by atoms with Gasteiger partial charge in [0.2, 0.25) is 5.91 Å². The van der Waals surface area contributed by atoms with E-state index in [0.717, 1.165) is 15.0 Å². The van der Waals surface area contributed by atoms with E-state index in [2.05, 4.69) is 10.6 Å². The monoisotopic (exact) mass is 370 g/mol. The number of hydrogen-bond acceptors (Lipinski definition) is 3. The van der Waals surface area contributed by atoms with E-state index in [1.54, 1.807) is 37.4 Å². The van der Waals surface area contributed by atoms with Crippen molar-refractivity contribution < 1.29 is 9.59 Å². The van der Waals surface area contributed by atoms with E-state index in [0.29, 0.717) is 16.3 Å². The number of benzene rings is 2. The molecule has 1 heterocycles. The minimum atomic E-state index is -0.329. The first kappa shape index (κ1) is 17.2.